The second-order valence-corrected chi connectivity index (χ2v) is 6.65. The summed E-state index contributed by atoms with van der Waals surface area (Å²) in [5.41, 5.74) is 2.24. The number of carbonyl (C=O) groups is 1. The number of hydrogen-bond acceptors (Lipinski definition) is 4. The van der Waals surface area contributed by atoms with Gasteiger partial charge < -0.3 is 10.1 Å². The first-order chi connectivity index (χ1) is 12.0. The fourth-order valence-electron chi connectivity index (χ4n) is 2.23. The normalized spacial score (nSPS) is 10.5. The molecule has 128 valence electrons. The lowest BCUT2D eigenvalue weighted by molar-refractivity contribution is 0.102. The van der Waals surface area contributed by atoms with E-state index in [0.29, 0.717) is 29.2 Å². The topological polar surface area (TPSA) is 51.2 Å². The van der Waals surface area contributed by atoms with Crippen molar-refractivity contribution in [3.63, 3.8) is 0 Å². The predicted molar refractivity (Wildman–Crippen MR) is 96.7 cm³/mol. The van der Waals surface area contributed by atoms with Gasteiger partial charge in [-0.25, -0.2) is 9.37 Å². The molecular formula is C19H17FN2O2S. The number of anilines is 1. The molecule has 0 saturated heterocycles. The van der Waals surface area contributed by atoms with Crippen LogP contribution >= 0.6 is 11.3 Å². The molecule has 4 nitrogen and oxygen atoms in total. The minimum atomic E-state index is -0.353. The monoisotopic (exact) mass is 356 g/mol. The molecule has 0 fully saturated rings. The van der Waals surface area contributed by atoms with Crippen LogP contribution in [0, 0.1) is 19.7 Å². The van der Waals surface area contributed by atoms with E-state index in [2.05, 4.69) is 10.3 Å². The molecule has 0 radical (unpaired) electrons. The molecule has 3 aromatic rings. The Morgan fingerprint density at radius 3 is 2.80 bits per heavy atom. The minimum absolute atomic E-state index is 0.321. The highest BCUT2D eigenvalue weighted by atomic mass is 32.1. The summed E-state index contributed by atoms with van der Waals surface area (Å²) in [4.78, 5) is 16.7. The van der Waals surface area contributed by atoms with Crippen LogP contribution in [0.25, 0.3) is 0 Å². The summed E-state index contributed by atoms with van der Waals surface area (Å²) < 4.78 is 19.3. The number of hydrogen-bond donors (Lipinski definition) is 1. The third-order valence-electron chi connectivity index (χ3n) is 3.58. The van der Waals surface area contributed by atoms with Gasteiger partial charge in [-0.15, -0.1) is 11.3 Å². The number of aryl methyl sites for hydroxylation is 2. The van der Waals surface area contributed by atoms with Gasteiger partial charge in [0.2, 0.25) is 0 Å². The van der Waals surface area contributed by atoms with Crippen molar-refractivity contribution in [2.45, 2.75) is 20.5 Å². The van der Waals surface area contributed by atoms with E-state index >= 15 is 0 Å². The summed E-state index contributed by atoms with van der Waals surface area (Å²) >= 11 is 1.57. The molecule has 0 bridgehead atoms. The van der Waals surface area contributed by atoms with Gasteiger partial charge in [0.05, 0.1) is 10.7 Å². The van der Waals surface area contributed by atoms with Crippen molar-refractivity contribution in [3.8, 4) is 5.75 Å². The highest BCUT2D eigenvalue weighted by Crippen LogP contribution is 2.19. The van der Waals surface area contributed by atoms with Gasteiger partial charge in [-0.05, 0) is 49.7 Å². The molecule has 2 aromatic carbocycles. The van der Waals surface area contributed by atoms with Gasteiger partial charge in [0, 0.05) is 16.6 Å². The van der Waals surface area contributed by atoms with Gasteiger partial charge in [-0.3, -0.25) is 4.79 Å². The largest absolute Gasteiger partial charge is 0.487 e. The SMILES string of the molecule is Cc1nc(COc2cccc(C(=O)Nc3ccc(C)c(F)c3)c2)cs1. The molecule has 0 unspecified atom stereocenters. The number of nitrogens with zero attached hydrogens (tertiary/aromatic N) is 1. The van der Waals surface area contributed by atoms with E-state index in [4.69, 9.17) is 4.74 Å². The first-order valence-corrected chi connectivity index (χ1v) is 8.60. The quantitative estimate of drug-likeness (QED) is 0.719. The third kappa shape index (κ3) is 4.42. The molecule has 0 atom stereocenters. The van der Waals surface area contributed by atoms with E-state index < -0.39 is 0 Å². The first-order valence-electron chi connectivity index (χ1n) is 7.72. The summed E-state index contributed by atoms with van der Waals surface area (Å²) in [5.74, 6) is -0.0972. The molecule has 1 N–H and O–H groups in total. The fourth-order valence-corrected chi connectivity index (χ4v) is 2.83. The van der Waals surface area contributed by atoms with E-state index in [-0.39, 0.29) is 11.7 Å². The van der Waals surface area contributed by atoms with E-state index in [9.17, 15) is 9.18 Å². The predicted octanol–water partition coefficient (Wildman–Crippen LogP) is 4.73. The van der Waals surface area contributed by atoms with Crippen molar-refractivity contribution >= 4 is 22.9 Å². The maximum Gasteiger partial charge on any atom is 0.255 e. The Bertz CT molecular complexity index is 908. The van der Waals surface area contributed by atoms with E-state index in [0.717, 1.165) is 10.7 Å². The molecular weight excluding hydrogens is 339 g/mol. The van der Waals surface area contributed by atoms with Crippen LogP contribution in [-0.2, 0) is 6.61 Å². The number of ether oxygens (including phenoxy) is 1. The van der Waals surface area contributed by atoms with Crippen molar-refractivity contribution in [2.24, 2.45) is 0 Å². The van der Waals surface area contributed by atoms with Crippen LogP contribution in [0.5, 0.6) is 5.75 Å². The number of halogens is 1. The first kappa shape index (κ1) is 17.1. The lowest BCUT2D eigenvalue weighted by Gasteiger charge is -2.09. The molecule has 0 aliphatic carbocycles. The molecule has 3 rings (SSSR count). The minimum Gasteiger partial charge on any atom is -0.487 e. The Labute approximate surface area is 149 Å². The zero-order chi connectivity index (χ0) is 17.8. The summed E-state index contributed by atoms with van der Waals surface area (Å²) in [6.07, 6.45) is 0. The van der Waals surface area contributed by atoms with Crippen LogP contribution in [0.1, 0.15) is 26.6 Å². The highest BCUT2D eigenvalue weighted by molar-refractivity contribution is 7.09. The average Bonchev–Trinajstić information content (AvgIpc) is 3.02. The number of carbonyl (C=O) groups excluding carboxylic acids is 1. The molecule has 25 heavy (non-hydrogen) atoms. The Kier molecular flexibility index (Phi) is 5.09. The lowest BCUT2D eigenvalue weighted by Crippen LogP contribution is -2.12. The number of benzene rings is 2. The van der Waals surface area contributed by atoms with Crippen LogP contribution in [0.2, 0.25) is 0 Å². The van der Waals surface area contributed by atoms with Gasteiger partial charge in [0.1, 0.15) is 18.2 Å². The Morgan fingerprint density at radius 1 is 1.24 bits per heavy atom. The Hall–Kier alpha value is -2.73. The third-order valence-corrected chi connectivity index (χ3v) is 4.40. The summed E-state index contributed by atoms with van der Waals surface area (Å²) in [5, 5.41) is 5.61. The van der Waals surface area contributed by atoms with E-state index in [1.807, 2.05) is 12.3 Å². The number of nitrogens with one attached hydrogen (secondary N) is 1. The fraction of sp³-hybridized carbons (Fsp3) is 0.158. The van der Waals surface area contributed by atoms with Gasteiger partial charge in [0.25, 0.3) is 5.91 Å². The summed E-state index contributed by atoms with van der Waals surface area (Å²) in [7, 11) is 0. The zero-order valence-electron chi connectivity index (χ0n) is 13.9. The number of thiazole rings is 1. The molecule has 0 aliphatic heterocycles. The number of amides is 1. The van der Waals surface area contributed by atoms with Crippen LogP contribution in [-0.4, -0.2) is 10.9 Å². The molecule has 6 heteroatoms. The summed E-state index contributed by atoms with van der Waals surface area (Å²) in [6, 6.07) is 11.5. The smallest absolute Gasteiger partial charge is 0.255 e. The molecule has 1 heterocycles. The van der Waals surface area contributed by atoms with Crippen molar-refractivity contribution in [2.75, 3.05) is 5.32 Å². The van der Waals surface area contributed by atoms with Crippen LogP contribution in [0.3, 0.4) is 0 Å². The maximum absolute atomic E-state index is 13.6. The van der Waals surface area contributed by atoms with E-state index in [1.165, 1.54) is 6.07 Å². The molecule has 1 amide bonds. The number of rotatable bonds is 5. The van der Waals surface area contributed by atoms with Gasteiger partial charge >= 0.3 is 0 Å². The number of aromatic nitrogens is 1. The molecule has 0 aliphatic rings. The standard InChI is InChI=1S/C19H17FN2O2S/c1-12-6-7-15(9-18(12)20)22-19(23)14-4-3-5-17(8-14)24-10-16-11-25-13(2)21-16/h3-9,11H,10H2,1-2H3,(H,22,23). The van der Waals surface area contributed by atoms with E-state index in [1.54, 1.807) is 54.7 Å². The molecule has 1 aromatic heterocycles. The Morgan fingerprint density at radius 2 is 2.08 bits per heavy atom. The zero-order valence-corrected chi connectivity index (χ0v) is 14.7. The molecule has 0 spiro atoms. The van der Waals surface area contributed by atoms with Crippen LogP contribution in [0.4, 0.5) is 10.1 Å². The molecule has 0 saturated carbocycles. The van der Waals surface area contributed by atoms with Crippen molar-refractivity contribution in [1.82, 2.24) is 4.98 Å². The van der Waals surface area contributed by atoms with Crippen molar-refractivity contribution in [1.29, 1.82) is 0 Å². The summed E-state index contributed by atoms with van der Waals surface area (Å²) in [6.45, 7) is 3.96. The maximum atomic E-state index is 13.6. The van der Waals surface area contributed by atoms with Crippen LogP contribution < -0.4 is 10.1 Å². The average molecular weight is 356 g/mol. The van der Waals surface area contributed by atoms with Crippen molar-refractivity contribution < 1.29 is 13.9 Å². The van der Waals surface area contributed by atoms with Gasteiger partial charge in [-0.1, -0.05) is 12.1 Å². The van der Waals surface area contributed by atoms with Crippen molar-refractivity contribution in [3.05, 3.63) is 75.5 Å². The van der Waals surface area contributed by atoms with Gasteiger partial charge in [-0.2, -0.15) is 0 Å². The van der Waals surface area contributed by atoms with Gasteiger partial charge in [0.15, 0.2) is 0 Å². The second kappa shape index (κ2) is 7.44. The Balaban J connectivity index is 1.67. The highest BCUT2D eigenvalue weighted by Gasteiger charge is 2.09. The lowest BCUT2D eigenvalue weighted by atomic mass is 10.1. The van der Waals surface area contributed by atoms with Crippen LogP contribution in [0.15, 0.2) is 47.8 Å². The second-order valence-electron chi connectivity index (χ2n) is 5.59.